The van der Waals surface area contributed by atoms with E-state index in [2.05, 4.69) is 122 Å². The number of aryl methyl sites for hydroxylation is 2. The first-order chi connectivity index (χ1) is 36.3. The zero-order valence-electron chi connectivity index (χ0n) is 42.1. The van der Waals surface area contributed by atoms with Gasteiger partial charge < -0.3 is 62.9 Å². The van der Waals surface area contributed by atoms with Crippen LogP contribution >= 0.6 is 23.5 Å². The smallest absolute Gasteiger partial charge is 0.394 e. The largest absolute Gasteiger partial charge is 1.00 e. The summed E-state index contributed by atoms with van der Waals surface area (Å²) in [5.74, 6) is 0.401. The molecule has 4 aromatic carbocycles. The molecule has 1 unspecified atom stereocenters. The maximum atomic E-state index is 11.6. The summed E-state index contributed by atoms with van der Waals surface area (Å²) in [4.78, 5) is 29.7. The molecule has 76 heavy (non-hydrogen) atoms. The molecule has 0 aliphatic carbocycles. The quantitative estimate of drug-likeness (QED) is 0.0235. The number of carboxylic acids is 1. The average molecular weight is 1210 g/mol. The molecule has 0 bridgehead atoms. The number of fused-ring (bicyclic) bond motifs is 7. The van der Waals surface area contributed by atoms with Crippen molar-refractivity contribution in [2.24, 2.45) is 0 Å². The number of carbonyl (C=O) groups excluding carboxylic acids is 1. The fourth-order valence-electron chi connectivity index (χ4n) is 10.2. The summed E-state index contributed by atoms with van der Waals surface area (Å²) >= 11 is 3.61. The van der Waals surface area contributed by atoms with Crippen LogP contribution in [0.4, 0.5) is 11.4 Å². The van der Waals surface area contributed by atoms with E-state index >= 15 is 0 Å². The van der Waals surface area contributed by atoms with Crippen molar-refractivity contribution in [2.45, 2.75) is 106 Å². The number of thioether (sulfide) groups is 2. The Morgan fingerprint density at radius 1 is 0.776 bits per heavy atom. The number of benzene rings is 4. The lowest BCUT2D eigenvalue weighted by Gasteiger charge is -2.37. The lowest BCUT2D eigenvalue weighted by atomic mass is 9.90. The van der Waals surface area contributed by atoms with E-state index in [1.807, 2.05) is 24.8 Å². The van der Waals surface area contributed by atoms with Crippen molar-refractivity contribution >= 4 is 90.7 Å². The van der Waals surface area contributed by atoms with E-state index in [4.69, 9.17) is 41.6 Å². The van der Waals surface area contributed by atoms with Crippen molar-refractivity contribution in [3.63, 3.8) is 0 Å². The number of esters is 1. The Bertz CT molecular complexity index is 3240. The van der Waals surface area contributed by atoms with E-state index in [0.717, 1.165) is 105 Å². The normalized spacial score (nSPS) is 16.7. The molecule has 0 radical (unpaired) electrons. The number of aliphatic carboxylic acids is 1. The van der Waals surface area contributed by atoms with E-state index in [1.165, 1.54) is 48.2 Å². The van der Waals surface area contributed by atoms with Gasteiger partial charge in [-0.25, -0.2) is 0 Å². The number of aromatic nitrogens is 2. The standard InChI is InChI=1S/C30H34N2O5S.C26H24N2O3S.HI.H2O4S/c1-2-35-28(34)13-4-3-7-16-31-17-14-22(30-24(31)10-8-11-25(30)33)21-27-32(18-15-29-36-19-20-37-29)23-9-5-6-12-26(23)38-27;29-23(30)11-2-1-5-14-27-15-12-17-24-19(27)8-6-9-20(24)31-21-13-16-28-18-7-3-4-10-22(18)32-26(28)25(17)21;;1-5(2,3)4/h5-6,8-12,14,17,21,29H,2-4,7,13,15-16,18-20H2,1H3;3-4,6-10,12,15,21H,1-2,5,11,13-14,16H2;1H;(H2,1,2,3,4)/p+1. The SMILES string of the molecule is CCOC(=O)CCCCC[n+]1ccc(C=C2Sc3ccccc3N2CCC2OCCO2)c2c(O)cccc21.O=C(O)CCCCC[n+]1ccc2c3c(cccc31)OC1CCN3C(=C21)Sc1ccccc13.O=S(=O)(O)O.[I-]. The van der Waals surface area contributed by atoms with Gasteiger partial charge in [0, 0.05) is 102 Å². The maximum absolute atomic E-state index is 11.6. The Labute approximate surface area is 468 Å². The third-order valence-electron chi connectivity index (χ3n) is 13.5. The molecule has 0 spiro atoms. The lowest BCUT2D eigenvalue weighted by Crippen LogP contribution is -3.00. The first kappa shape index (κ1) is 56.7. The highest BCUT2D eigenvalue weighted by Gasteiger charge is 2.40. The first-order valence-corrected chi connectivity index (χ1v) is 28.5. The number of hydrogen-bond acceptors (Lipinski definition) is 13. The first-order valence-electron chi connectivity index (χ1n) is 25.5. The highest BCUT2D eigenvalue weighted by atomic mass is 127. The Balaban J connectivity index is 0.000000185. The molecule has 20 heteroatoms. The molecule has 4 N–H and O–H groups in total. The number of rotatable bonds is 17. The van der Waals surface area contributed by atoms with Gasteiger partial charge in [0.25, 0.3) is 0 Å². The Hall–Kier alpha value is -5.46. The minimum atomic E-state index is -4.67. The van der Waals surface area contributed by atoms with Crippen LogP contribution in [0.3, 0.4) is 0 Å². The van der Waals surface area contributed by atoms with Gasteiger partial charge >= 0.3 is 22.3 Å². The van der Waals surface area contributed by atoms with Crippen LogP contribution in [-0.2, 0) is 47.3 Å². The van der Waals surface area contributed by atoms with E-state index in [-0.39, 0.29) is 54.5 Å². The van der Waals surface area contributed by atoms with Crippen LogP contribution in [-0.4, -0.2) is 85.0 Å². The zero-order valence-corrected chi connectivity index (χ0v) is 46.7. The van der Waals surface area contributed by atoms with Gasteiger partial charge in [0.15, 0.2) is 18.7 Å². The number of anilines is 2. The summed E-state index contributed by atoms with van der Waals surface area (Å²) in [6.45, 7) is 7.01. The van der Waals surface area contributed by atoms with Gasteiger partial charge in [0.1, 0.15) is 30.7 Å². The fraction of sp³-hybridized carbons (Fsp3) is 0.357. The number of unbranched alkanes of at least 4 members (excludes halogenated alkanes) is 4. The second kappa shape index (κ2) is 26.3. The summed E-state index contributed by atoms with van der Waals surface area (Å²) in [5, 5.41) is 24.2. The van der Waals surface area contributed by atoms with Crippen LogP contribution in [0.1, 0.15) is 82.3 Å². The van der Waals surface area contributed by atoms with Gasteiger partial charge in [-0.05, 0) is 75.1 Å². The molecule has 6 aromatic rings. The minimum absolute atomic E-state index is 0. The summed E-state index contributed by atoms with van der Waals surface area (Å²) in [6, 6.07) is 33.4. The Kier molecular flexibility index (Phi) is 19.6. The second-order valence-corrected chi connectivity index (χ2v) is 21.5. The van der Waals surface area contributed by atoms with Gasteiger partial charge in [0.2, 0.25) is 11.0 Å². The van der Waals surface area contributed by atoms with E-state index < -0.39 is 16.4 Å². The van der Waals surface area contributed by atoms with Crippen LogP contribution in [0.25, 0.3) is 33.5 Å². The van der Waals surface area contributed by atoms with Crippen molar-refractivity contribution in [3.8, 4) is 11.5 Å². The second-order valence-electron chi connectivity index (χ2n) is 18.5. The lowest BCUT2D eigenvalue weighted by molar-refractivity contribution is -0.672. The molecule has 11 rings (SSSR count). The number of halogens is 1. The molecule has 5 aliphatic heterocycles. The fourth-order valence-corrected chi connectivity index (χ4v) is 12.6. The summed E-state index contributed by atoms with van der Waals surface area (Å²) in [7, 11) is -4.67. The summed E-state index contributed by atoms with van der Waals surface area (Å²) in [6.07, 6.45) is 14.2. The number of carbonyl (C=O) groups is 2. The number of phenols is 1. The van der Waals surface area contributed by atoms with Gasteiger partial charge in [-0.3, -0.25) is 18.7 Å². The van der Waals surface area contributed by atoms with E-state index in [9.17, 15) is 14.7 Å². The van der Waals surface area contributed by atoms with Crippen LogP contribution in [0.15, 0.2) is 129 Å². The zero-order chi connectivity index (χ0) is 52.5. The van der Waals surface area contributed by atoms with Gasteiger partial charge in [-0.15, -0.1) is 0 Å². The van der Waals surface area contributed by atoms with Crippen molar-refractivity contribution in [2.75, 3.05) is 42.7 Å². The number of pyridine rings is 2. The Morgan fingerprint density at radius 2 is 1.41 bits per heavy atom. The number of carboxylic acid groups (broad SMARTS) is 1. The van der Waals surface area contributed by atoms with Crippen molar-refractivity contribution in [1.29, 1.82) is 0 Å². The predicted molar refractivity (Wildman–Crippen MR) is 289 cm³/mol. The number of ether oxygens (including phenoxy) is 4. The highest BCUT2D eigenvalue weighted by molar-refractivity contribution is 8.04. The van der Waals surface area contributed by atoms with Crippen LogP contribution in [0, 0.1) is 0 Å². The molecule has 1 saturated heterocycles. The summed E-state index contributed by atoms with van der Waals surface area (Å²) in [5.41, 5.74) is 8.24. The van der Waals surface area contributed by atoms with Crippen molar-refractivity contribution in [3.05, 3.63) is 131 Å². The molecule has 5 aliphatic rings. The number of hydrogen-bond donors (Lipinski definition) is 4. The Morgan fingerprint density at radius 3 is 2.11 bits per heavy atom. The third kappa shape index (κ3) is 13.8. The van der Waals surface area contributed by atoms with Gasteiger partial charge in [0.05, 0.1) is 52.0 Å². The van der Waals surface area contributed by atoms with Crippen LogP contribution < -0.4 is 47.6 Å². The number of phenolic OH excluding ortho intramolecular Hbond substituents is 1. The van der Waals surface area contributed by atoms with E-state index in [1.54, 1.807) is 17.8 Å². The topological polar surface area (TPSA) is 200 Å². The van der Waals surface area contributed by atoms with Gasteiger partial charge in [-0.2, -0.15) is 17.6 Å². The average Bonchev–Trinajstić information content (AvgIpc) is 4.19. The highest BCUT2D eigenvalue weighted by Crippen LogP contribution is 2.54. The summed E-state index contributed by atoms with van der Waals surface area (Å²) < 4.78 is 59.0. The third-order valence-corrected chi connectivity index (χ3v) is 15.8. The molecule has 402 valence electrons. The molecule has 0 saturated carbocycles. The van der Waals surface area contributed by atoms with Crippen molar-refractivity contribution in [1.82, 2.24) is 0 Å². The molecular weight excluding hydrogens is 1140 g/mol. The number of nitrogens with zero attached hydrogens (tertiary/aromatic N) is 4. The number of aromatic hydroxyl groups is 1. The molecule has 2 aromatic heterocycles. The molecular formula is C56H62IN4O12S3+. The van der Waals surface area contributed by atoms with Crippen LogP contribution in [0.5, 0.6) is 11.5 Å². The minimum Gasteiger partial charge on any atom is -1.00 e. The molecule has 1 fully saturated rings. The number of para-hydroxylation sites is 2. The van der Waals surface area contributed by atoms with E-state index in [0.29, 0.717) is 26.2 Å². The molecule has 16 nitrogen and oxygen atoms in total. The van der Waals surface area contributed by atoms with Crippen LogP contribution in [0.2, 0.25) is 0 Å². The molecule has 7 heterocycles. The monoisotopic (exact) mass is 1210 g/mol. The molecule has 1 atom stereocenters. The van der Waals surface area contributed by atoms with Crippen molar-refractivity contribution < 1.29 is 89.4 Å². The maximum Gasteiger partial charge on any atom is 0.394 e. The van der Waals surface area contributed by atoms with Gasteiger partial charge in [-0.1, -0.05) is 59.9 Å². The predicted octanol–water partition coefficient (Wildman–Crippen LogP) is 7.20. The molecule has 0 amide bonds.